The van der Waals surface area contributed by atoms with Crippen molar-refractivity contribution >= 4 is 5.91 Å². The Morgan fingerprint density at radius 1 is 1.38 bits per heavy atom. The number of ether oxygens (including phenoxy) is 1. The number of likely N-dealkylation sites (tertiary alicyclic amines) is 1. The number of rotatable bonds is 2. The zero-order chi connectivity index (χ0) is 11.5. The minimum Gasteiger partial charge on any atom is -0.388 e. The fourth-order valence-electron chi connectivity index (χ4n) is 2.05. The van der Waals surface area contributed by atoms with Gasteiger partial charge < -0.3 is 25.2 Å². The molecule has 6 nitrogen and oxygen atoms in total. The molecule has 2 aliphatic rings. The first kappa shape index (κ1) is 11.8. The van der Waals surface area contributed by atoms with Crippen molar-refractivity contribution in [2.75, 3.05) is 32.8 Å². The van der Waals surface area contributed by atoms with Crippen LogP contribution >= 0.6 is 0 Å². The summed E-state index contributed by atoms with van der Waals surface area (Å²) in [6, 6.07) is 0. The van der Waals surface area contributed by atoms with Crippen LogP contribution in [0, 0.1) is 0 Å². The number of amides is 1. The SMILES string of the molecule is O=C(CC1CNCCO1)N1CC(O)C(O)C1. The second-order valence-corrected chi connectivity index (χ2v) is 4.33. The summed E-state index contributed by atoms with van der Waals surface area (Å²) >= 11 is 0. The van der Waals surface area contributed by atoms with Crippen LogP contribution in [0.4, 0.5) is 0 Å². The van der Waals surface area contributed by atoms with E-state index in [1.807, 2.05) is 0 Å². The summed E-state index contributed by atoms with van der Waals surface area (Å²) in [6.07, 6.45) is -1.40. The van der Waals surface area contributed by atoms with Crippen LogP contribution in [-0.4, -0.2) is 72.1 Å². The molecular formula is C10H18N2O4. The highest BCUT2D eigenvalue weighted by Gasteiger charge is 2.33. The summed E-state index contributed by atoms with van der Waals surface area (Å²) in [6.45, 7) is 2.58. The van der Waals surface area contributed by atoms with Crippen LogP contribution in [0.15, 0.2) is 0 Å². The van der Waals surface area contributed by atoms with Gasteiger partial charge in [0.15, 0.2) is 0 Å². The Morgan fingerprint density at radius 2 is 2.06 bits per heavy atom. The van der Waals surface area contributed by atoms with Crippen molar-refractivity contribution in [1.29, 1.82) is 0 Å². The second kappa shape index (κ2) is 5.09. The molecule has 0 radical (unpaired) electrons. The van der Waals surface area contributed by atoms with Crippen molar-refractivity contribution in [2.45, 2.75) is 24.7 Å². The highest BCUT2D eigenvalue weighted by Crippen LogP contribution is 2.13. The zero-order valence-electron chi connectivity index (χ0n) is 9.13. The first-order chi connectivity index (χ1) is 7.66. The predicted octanol–water partition coefficient (Wildman–Crippen LogP) is -2.07. The largest absolute Gasteiger partial charge is 0.388 e. The van der Waals surface area contributed by atoms with Gasteiger partial charge in [-0.1, -0.05) is 0 Å². The monoisotopic (exact) mass is 230 g/mol. The Bertz CT molecular complexity index is 245. The molecule has 16 heavy (non-hydrogen) atoms. The third-order valence-corrected chi connectivity index (χ3v) is 3.02. The number of morpholine rings is 1. The van der Waals surface area contributed by atoms with Gasteiger partial charge in [0.25, 0.3) is 0 Å². The van der Waals surface area contributed by atoms with Gasteiger partial charge in [-0.25, -0.2) is 0 Å². The van der Waals surface area contributed by atoms with Gasteiger partial charge in [-0.2, -0.15) is 0 Å². The number of carbonyl (C=O) groups excluding carboxylic acids is 1. The molecular weight excluding hydrogens is 212 g/mol. The molecule has 92 valence electrons. The van der Waals surface area contributed by atoms with E-state index in [4.69, 9.17) is 4.74 Å². The molecule has 3 unspecified atom stereocenters. The van der Waals surface area contributed by atoms with E-state index in [1.165, 1.54) is 4.90 Å². The fourth-order valence-corrected chi connectivity index (χ4v) is 2.05. The number of nitrogens with zero attached hydrogens (tertiary/aromatic N) is 1. The van der Waals surface area contributed by atoms with E-state index < -0.39 is 12.2 Å². The second-order valence-electron chi connectivity index (χ2n) is 4.33. The maximum Gasteiger partial charge on any atom is 0.225 e. The fraction of sp³-hybridized carbons (Fsp3) is 0.900. The van der Waals surface area contributed by atoms with Crippen LogP contribution in [0.5, 0.6) is 0 Å². The molecule has 0 saturated carbocycles. The Kier molecular flexibility index (Phi) is 3.75. The molecule has 2 aliphatic heterocycles. The molecule has 6 heteroatoms. The Labute approximate surface area is 94.2 Å². The smallest absolute Gasteiger partial charge is 0.225 e. The van der Waals surface area contributed by atoms with E-state index in [1.54, 1.807) is 0 Å². The number of nitrogens with one attached hydrogen (secondary N) is 1. The Hall–Kier alpha value is -0.690. The van der Waals surface area contributed by atoms with Crippen molar-refractivity contribution in [2.24, 2.45) is 0 Å². The molecule has 3 atom stereocenters. The van der Waals surface area contributed by atoms with E-state index in [0.29, 0.717) is 19.6 Å². The molecule has 0 spiro atoms. The lowest BCUT2D eigenvalue weighted by atomic mass is 10.2. The van der Waals surface area contributed by atoms with Crippen LogP contribution in [0.2, 0.25) is 0 Å². The van der Waals surface area contributed by atoms with Gasteiger partial charge in [-0.05, 0) is 0 Å². The van der Waals surface area contributed by atoms with Crippen molar-refractivity contribution in [3.8, 4) is 0 Å². The third-order valence-electron chi connectivity index (χ3n) is 3.02. The number of aliphatic hydroxyl groups is 2. The highest BCUT2D eigenvalue weighted by atomic mass is 16.5. The van der Waals surface area contributed by atoms with Gasteiger partial charge in [-0.15, -0.1) is 0 Å². The van der Waals surface area contributed by atoms with E-state index in [2.05, 4.69) is 5.32 Å². The maximum atomic E-state index is 11.8. The van der Waals surface area contributed by atoms with Crippen LogP contribution in [0.1, 0.15) is 6.42 Å². The van der Waals surface area contributed by atoms with E-state index in [0.717, 1.165) is 6.54 Å². The van der Waals surface area contributed by atoms with Gasteiger partial charge in [0, 0.05) is 26.2 Å². The van der Waals surface area contributed by atoms with Crippen LogP contribution < -0.4 is 5.32 Å². The summed E-state index contributed by atoms with van der Waals surface area (Å²) < 4.78 is 5.43. The molecule has 0 aromatic rings. The lowest BCUT2D eigenvalue weighted by Gasteiger charge is -2.25. The minimum atomic E-state index is -0.811. The standard InChI is InChI=1S/C10H18N2O4/c13-8-5-12(6-9(8)14)10(15)3-7-4-11-1-2-16-7/h7-9,11,13-14H,1-6H2. The molecule has 0 aromatic heterocycles. The van der Waals surface area contributed by atoms with Crippen molar-refractivity contribution < 1.29 is 19.7 Å². The van der Waals surface area contributed by atoms with E-state index in [-0.39, 0.29) is 25.1 Å². The van der Waals surface area contributed by atoms with Gasteiger partial charge in [0.05, 0.1) is 31.3 Å². The van der Waals surface area contributed by atoms with Crippen molar-refractivity contribution in [3.05, 3.63) is 0 Å². The maximum absolute atomic E-state index is 11.8. The lowest BCUT2D eigenvalue weighted by molar-refractivity contribution is -0.134. The summed E-state index contributed by atoms with van der Waals surface area (Å²) in [7, 11) is 0. The summed E-state index contributed by atoms with van der Waals surface area (Å²) in [5.41, 5.74) is 0. The lowest BCUT2D eigenvalue weighted by Crippen LogP contribution is -2.42. The third kappa shape index (κ3) is 2.70. The summed E-state index contributed by atoms with van der Waals surface area (Å²) in [5.74, 6) is -0.0655. The average Bonchev–Trinajstić information content (AvgIpc) is 2.61. The molecule has 2 heterocycles. The summed E-state index contributed by atoms with van der Waals surface area (Å²) in [5, 5.41) is 21.8. The van der Waals surface area contributed by atoms with Gasteiger partial charge in [-0.3, -0.25) is 4.79 Å². The molecule has 0 aliphatic carbocycles. The molecule has 0 aromatic carbocycles. The summed E-state index contributed by atoms with van der Waals surface area (Å²) in [4.78, 5) is 13.3. The van der Waals surface area contributed by atoms with Crippen LogP contribution in [-0.2, 0) is 9.53 Å². The number of β-amino-alcohol motifs (C(OH)–C–C–N with tert-alkyl or cyclic N) is 2. The molecule has 2 fully saturated rings. The van der Waals surface area contributed by atoms with Gasteiger partial charge in [0.1, 0.15) is 0 Å². The van der Waals surface area contributed by atoms with Gasteiger partial charge >= 0.3 is 0 Å². The zero-order valence-corrected chi connectivity index (χ0v) is 9.13. The quantitative estimate of drug-likeness (QED) is 0.507. The number of hydrogen-bond donors (Lipinski definition) is 3. The van der Waals surface area contributed by atoms with Crippen LogP contribution in [0.25, 0.3) is 0 Å². The average molecular weight is 230 g/mol. The van der Waals surface area contributed by atoms with E-state index in [9.17, 15) is 15.0 Å². The number of hydrogen-bond acceptors (Lipinski definition) is 5. The minimum absolute atomic E-state index is 0.0655. The molecule has 2 saturated heterocycles. The Balaban J connectivity index is 1.79. The molecule has 1 amide bonds. The first-order valence-corrected chi connectivity index (χ1v) is 5.63. The highest BCUT2D eigenvalue weighted by molar-refractivity contribution is 5.77. The normalized spacial score (nSPS) is 35.4. The number of aliphatic hydroxyl groups excluding tert-OH is 2. The Morgan fingerprint density at radius 3 is 2.62 bits per heavy atom. The number of carbonyl (C=O) groups is 1. The van der Waals surface area contributed by atoms with Crippen LogP contribution in [0.3, 0.4) is 0 Å². The van der Waals surface area contributed by atoms with Crippen molar-refractivity contribution in [1.82, 2.24) is 10.2 Å². The predicted molar refractivity (Wildman–Crippen MR) is 55.8 cm³/mol. The molecule has 2 rings (SSSR count). The van der Waals surface area contributed by atoms with Crippen molar-refractivity contribution in [3.63, 3.8) is 0 Å². The molecule has 0 bridgehead atoms. The van der Waals surface area contributed by atoms with E-state index >= 15 is 0 Å². The topological polar surface area (TPSA) is 82.0 Å². The molecule has 3 N–H and O–H groups in total. The van der Waals surface area contributed by atoms with Gasteiger partial charge in [0.2, 0.25) is 5.91 Å². The first-order valence-electron chi connectivity index (χ1n) is 5.63.